The summed E-state index contributed by atoms with van der Waals surface area (Å²) in [4.78, 5) is 48.2. The van der Waals surface area contributed by atoms with Gasteiger partial charge in [0.15, 0.2) is 12.2 Å². The molecule has 4 N–H and O–H groups in total. The van der Waals surface area contributed by atoms with Crippen LogP contribution < -0.4 is 9.64 Å². The number of hydrogen-bond acceptors (Lipinski definition) is 8. The van der Waals surface area contributed by atoms with Crippen molar-refractivity contribution in [3.8, 4) is 5.75 Å². The number of aliphatic hydroxyl groups is 2. The van der Waals surface area contributed by atoms with Crippen LogP contribution in [0.5, 0.6) is 5.75 Å². The van der Waals surface area contributed by atoms with Gasteiger partial charge in [-0.05, 0) is 51.9 Å². The fourth-order valence-electron chi connectivity index (χ4n) is 3.33. The van der Waals surface area contributed by atoms with Gasteiger partial charge in [0.2, 0.25) is 0 Å². The second-order valence-corrected chi connectivity index (χ2v) is 7.80. The minimum Gasteiger partial charge on any atom is -0.490 e. The number of ether oxygens (including phenoxy) is 1. The lowest BCUT2D eigenvalue weighted by molar-refractivity contribution is -0.165. The van der Waals surface area contributed by atoms with Crippen LogP contribution in [0.15, 0.2) is 35.4 Å². The van der Waals surface area contributed by atoms with E-state index in [0.29, 0.717) is 42.0 Å². The van der Waals surface area contributed by atoms with Crippen LogP contribution in [0.1, 0.15) is 25.7 Å². The zero-order chi connectivity index (χ0) is 24.7. The molecule has 2 atom stereocenters. The smallest absolute Gasteiger partial charge is 0.335 e. The molecule has 0 saturated heterocycles. The van der Waals surface area contributed by atoms with Crippen LogP contribution in [0.2, 0.25) is 0 Å². The summed E-state index contributed by atoms with van der Waals surface area (Å²) in [6, 6.07) is 7.26. The molecule has 1 aliphatic heterocycles. The van der Waals surface area contributed by atoms with Gasteiger partial charge in [0, 0.05) is 17.7 Å². The van der Waals surface area contributed by atoms with Crippen molar-refractivity contribution in [2.75, 3.05) is 32.1 Å². The summed E-state index contributed by atoms with van der Waals surface area (Å²) in [7, 11) is 3.95. The Hall–Kier alpha value is -3.28. The largest absolute Gasteiger partial charge is 0.490 e. The van der Waals surface area contributed by atoms with Crippen molar-refractivity contribution >= 4 is 29.4 Å². The van der Waals surface area contributed by atoms with Crippen LogP contribution in [0.4, 0.5) is 5.69 Å². The van der Waals surface area contributed by atoms with Crippen molar-refractivity contribution in [2.45, 2.75) is 37.9 Å². The van der Waals surface area contributed by atoms with E-state index in [0.717, 1.165) is 19.4 Å². The maximum atomic E-state index is 12.7. The predicted octanol–water partition coefficient (Wildman–Crippen LogP) is 0.248. The van der Waals surface area contributed by atoms with Crippen LogP contribution in [0.3, 0.4) is 0 Å². The molecule has 1 aliphatic carbocycles. The second kappa shape index (κ2) is 11.5. The van der Waals surface area contributed by atoms with Crippen molar-refractivity contribution < 1.29 is 44.3 Å². The topological polar surface area (TPSA) is 165 Å². The molecule has 0 fully saturated rings. The molecule has 11 nitrogen and oxygen atoms in total. The highest BCUT2D eigenvalue weighted by Crippen LogP contribution is 2.38. The highest BCUT2D eigenvalue weighted by atomic mass is 16.5. The monoisotopic (exact) mass is 464 g/mol. The standard InChI is InChI=1S/C18H22N2O3.C4H6O6/c1-19(2)11-12-23-16-10-6-5-9-15(16)20-17(21)13-7-3-4-8-14(13)18(20)22;5-1(3(7)8)2(6)4(9)10/h5-6,9-10H,3-4,7-8,11-12H2,1-2H3;1-2,5-6H,(H,7,8)(H,9,10). The first-order valence-electron chi connectivity index (χ1n) is 10.3. The molecule has 1 heterocycles. The van der Waals surface area contributed by atoms with Gasteiger partial charge in [-0.3, -0.25) is 9.59 Å². The van der Waals surface area contributed by atoms with Gasteiger partial charge < -0.3 is 30.1 Å². The Labute approximate surface area is 190 Å². The third-order valence-electron chi connectivity index (χ3n) is 5.10. The molecule has 180 valence electrons. The molecule has 0 bridgehead atoms. The molecule has 3 rings (SSSR count). The van der Waals surface area contributed by atoms with Crippen molar-refractivity contribution in [1.29, 1.82) is 0 Å². The Morgan fingerprint density at radius 2 is 1.45 bits per heavy atom. The first-order valence-corrected chi connectivity index (χ1v) is 10.3. The molecule has 11 heteroatoms. The highest BCUT2D eigenvalue weighted by Gasteiger charge is 2.40. The lowest BCUT2D eigenvalue weighted by Crippen LogP contribution is -2.39. The number of aliphatic hydroxyl groups excluding tert-OH is 2. The number of imide groups is 1. The van der Waals surface area contributed by atoms with Gasteiger partial charge in [0.05, 0.1) is 5.69 Å². The quantitative estimate of drug-likeness (QED) is 0.392. The Kier molecular flexibility index (Phi) is 9.09. The lowest BCUT2D eigenvalue weighted by Gasteiger charge is -2.20. The number of rotatable bonds is 8. The van der Waals surface area contributed by atoms with Crippen LogP contribution in [0, 0.1) is 0 Å². The van der Waals surface area contributed by atoms with Gasteiger partial charge in [-0.2, -0.15) is 0 Å². The summed E-state index contributed by atoms with van der Waals surface area (Å²) in [6.45, 7) is 1.28. The van der Waals surface area contributed by atoms with Gasteiger partial charge in [0.1, 0.15) is 12.4 Å². The number of carbonyl (C=O) groups is 4. The molecule has 1 aromatic carbocycles. The maximum Gasteiger partial charge on any atom is 0.335 e. The van der Waals surface area contributed by atoms with Gasteiger partial charge in [-0.25, -0.2) is 14.5 Å². The number of likely N-dealkylation sites (N-methyl/N-ethyl adjacent to an activating group) is 1. The number of anilines is 1. The molecule has 0 spiro atoms. The summed E-state index contributed by atoms with van der Waals surface area (Å²) in [6.07, 6.45) is -1.16. The Balaban J connectivity index is 0.000000328. The number of amides is 2. The number of aliphatic carboxylic acids is 2. The minimum absolute atomic E-state index is 0.173. The van der Waals surface area contributed by atoms with E-state index in [2.05, 4.69) is 0 Å². The zero-order valence-corrected chi connectivity index (χ0v) is 18.4. The van der Waals surface area contributed by atoms with Gasteiger partial charge in [-0.15, -0.1) is 0 Å². The maximum absolute atomic E-state index is 12.7. The molecular formula is C22H28N2O9. The average molecular weight is 464 g/mol. The SMILES string of the molecule is CN(C)CCOc1ccccc1N1C(=O)C2=C(CCCC2)C1=O.O=C(O)C(O)C(O)C(=O)O. The average Bonchev–Trinajstić information content (AvgIpc) is 3.03. The third kappa shape index (κ3) is 6.37. The van der Waals surface area contributed by atoms with Crippen LogP contribution in [-0.4, -0.2) is 88.5 Å². The molecule has 2 aliphatic rings. The van der Waals surface area contributed by atoms with E-state index < -0.39 is 24.1 Å². The summed E-state index contributed by atoms with van der Waals surface area (Å²) in [5.74, 6) is -3.30. The molecule has 2 unspecified atom stereocenters. The molecule has 2 amide bonds. The third-order valence-corrected chi connectivity index (χ3v) is 5.10. The van der Waals surface area contributed by atoms with Crippen LogP contribution in [-0.2, 0) is 19.2 Å². The van der Waals surface area contributed by atoms with E-state index >= 15 is 0 Å². The lowest BCUT2D eigenvalue weighted by atomic mass is 9.93. The minimum atomic E-state index is -2.27. The molecule has 0 saturated carbocycles. The van der Waals surface area contributed by atoms with Crippen molar-refractivity contribution in [3.63, 3.8) is 0 Å². The molecule has 0 radical (unpaired) electrons. The number of carbonyl (C=O) groups excluding carboxylic acids is 2. The Morgan fingerprint density at radius 3 is 1.91 bits per heavy atom. The Bertz CT molecular complexity index is 896. The van der Waals surface area contributed by atoms with Crippen LogP contribution in [0.25, 0.3) is 0 Å². The van der Waals surface area contributed by atoms with E-state index in [1.165, 1.54) is 4.90 Å². The first-order chi connectivity index (χ1) is 15.6. The number of hydrogen-bond donors (Lipinski definition) is 4. The summed E-state index contributed by atoms with van der Waals surface area (Å²) < 4.78 is 5.80. The summed E-state index contributed by atoms with van der Waals surface area (Å²) in [5, 5.41) is 32.5. The van der Waals surface area contributed by atoms with Crippen molar-refractivity contribution in [3.05, 3.63) is 35.4 Å². The van der Waals surface area contributed by atoms with Gasteiger partial charge in [0.25, 0.3) is 11.8 Å². The number of carboxylic acid groups (broad SMARTS) is 2. The Morgan fingerprint density at radius 1 is 0.970 bits per heavy atom. The summed E-state index contributed by atoms with van der Waals surface area (Å²) in [5.41, 5.74) is 1.95. The fraction of sp³-hybridized carbons (Fsp3) is 0.455. The highest BCUT2D eigenvalue weighted by molar-refractivity contribution is 6.33. The number of carboxylic acids is 2. The van der Waals surface area contributed by atoms with E-state index in [4.69, 9.17) is 25.2 Å². The van der Waals surface area contributed by atoms with Gasteiger partial charge >= 0.3 is 11.9 Å². The van der Waals surface area contributed by atoms with E-state index in [-0.39, 0.29) is 11.8 Å². The second-order valence-electron chi connectivity index (χ2n) is 7.80. The van der Waals surface area contributed by atoms with Crippen molar-refractivity contribution in [2.24, 2.45) is 0 Å². The molecule has 0 aromatic heterocycles. The number of nitrogens with zero attached hydrogens (tertiary/aromatic N) is 2. The molecule has 1 aromatic rings. The summed E-state index contributed by atoms with van der Waals surface area (Å²) >= 11 is 0. The normalized spacial score (nSPS) is 17.3. The fourth-order valence-corrected chi connectivity index (χ4v) is 3.33. The predicted molar refractivity (Wildman–Crippen MR) is 116 cm³/mol. The zero-order valence-electron chi connectivity index (χ0n) is 18.4. The van der Waals surface area contributed by atoms with Crippen LogP contribution >= 0.6 is 0 Å². The molecule has 33 heavy (non-hydrogen) atoms. The van der Waals surface area contributed by atoms with Gasteiger partial charge in [-0.1, -0.05) is 12.1 Å². The number of para-hydroxylation sites is 2. The van der Waals surface area contributed by atoms with E-state index in [1.807, 2.05) is 37.2 Å². The van der Waals surface area contributed by atoms with E-state index in [9.17, 15) is 19.2 Å². The van der Waals surface area contributed by atoms with Crippen molar-refractivity contribution in [1.82, 2.24) is 4.90 Å². The first kappa shape index (κ1) is 26.0. The van der Waals surface area contributed by atoms with E-state index in [1.54, 1.807) is 6.07 Å². The molecular weight excluding hydrogens is 436 g/mol. The number of benzene rings is 1.